The van der Waals surface area contributed by atoms with E-state index in [1.54, 1.807) is 25.9 Å². The van der Waals surface area contributed by atoms with Gasteiger partial charge >= 0.3 is 0 Å². The van der Waals surface area contributed by atoms with Gasteiger partial charge in [0.1, 0.15) is 11.4 Å². The van der Waals surface area contributed by atoms with Gasteiger partial charge in [0.25, 0.3) is 0 Å². The van der Waals surface area contributed by atoms with E-state index in [1.165, 1.54) is 16.7 Å². The lowest BCUT2D eigenvalue weighted by atomic mass is 10.2. The molecule has 0 saturated carbocycles. The van der Waals surface area contributed by atoms with Crippen LogP contribution in [0.1, 0.15) is 5.56 Å². The average molecular weight is 307 g/mol. The van der Waals surface area contributed by atoms with Crippen molar-refractivity contribution in [1.29, 1.82) is 0 Å². The summed E-state index contributed by atoms with van der Waals surface area (Å²) < 4.78 is 6.92. The minimum Gasteiger partial charge on any atom is -0.494 e. The molecule has 112 valence electrons. The summed E-state index contributed by atoms with van der Waals surface area (Å²) in [5.74, 6) is 0.959. The standard InChI is InChI=1S/C13H17N5O2S/c1-9-5-6-11(20-4)10(7-9)18-13(14-15-16-18)21-8-12(19)17(2)3/h5-7H,8H2,1-4H3. The highest BCUT2D eigenvalue weighted by atomic mass is 32.2. The van der Waals surface area contributed by atoms with Crippen LogP contribution in [0.4, 0.5) is 0 Å². The van der Waals surface area contributed by atoms with Crippen LogP contribution in [0.3, 0.4) is 0 Å². The monoisotopic (exact) mass is 307 g/mol. The Hall–Kier alpha value is -2.09. The zero-order valence-electron chi connectivity index (χ0n) is 12.4. The second-order valence-electron chi connectivity index (χ2n) is 4.63. The lowest BCUT2D eigenvalue weighted by Gasteiger charge is -2.11. The fraction of sp³-hybridized carbons (Fsp3) is 0.385. The highest BCUT2D eigenvalue weighted by Gasteiger charge is 2.15. The van der Waals surface area contributed by atoms with E-state index in [0.717, 1.165) is 11.3 Å². The third-order valence-electron chi connectivity index (χ3n) is 2.83. The van der Waals surface area contributed by atoms with E-state index in [4.69, 9.17) is 4.74 Å². The summed E-state index contributed by atoms with van der Waals surface area (Å²) in [6, 6.07) is 5.76. The Balaban J connectivity index is 2.28. The molecule has 21 heavy (non-hydrogen) atoms. The van der Waals surface area contributed by atoms with Crippen molar-refractivity contribution in [2.45, 2.75) is 12.1 Å². The van der Waals surface area contributed by atoms with Gasteiger partial charge in [-0.2, -0.15) is 4.68 Å². The molecule has 1 aromatic carbocycles. The Morgan fingerprint density at radius 2 is 2.19 bits per heavy atom. The number of carbonyl (C=O) groups is 1. The zero-order valence-corrected chi connectivity index (χ0v) is 13.2. The zero-order chi connectivity index (χ0) is 15.4. The van der Waals surface area contributed by atoms with Gasteiger partial charge in [0.15, 0.2) is 0 Å². The molecular formula is C13H17N5O2S. The number of benzene rings is 1. The second-order valence-corrected chi connectivity index (χ2v) is 5.57. The molecular weight excluding hydrogens is 290 g/mol. The summed E-state index contributed by atoms with van der Waals surface area (Å²) >= 11 is 1.29. The molecule has 0 fully saturated rings. The lowest BCUT2D eigenvalue weighted by molar-refractivity contribution is -0.125. The number of aromatic nitrogens is 4. The highest BCUT2D eigenvalue weighted by Crippen LogP contribution is 2.26. The van der Waals surface area contributed by atoms with E-state index in [0.29, 0.717) is 10.9 Å². The first-order valence-electron chi connectivity index (χ1n) is 6.29. The van der Waals surface area contributed by atoms with E-state index >= 15 is 0 Å². The van der Waals surface area contributed by atoms with Gasteiger partial charge in [-0.1, -0.05) is 17.8 Å². The number of thioether (sulfide) groups is 1. The second kappa shape index (κ2) is 6.57. The predicted octanol–water partition coefficient (Wildman–Crippen LogP) is 1.16. The van der Waals surface area contributed by atoms with Gasteiger partial charge < -0.3 is 9.64 Å². The molecule has 0 N–H and O–H groups in total. The summed E-state index contributed by atoms with van der Waals surface area (Å²) in [5.41, 5.74) is 1.82. The average Bonchev–Trinajstić information content (AvgIpc) is 2.92. The van der Waals surface area contributed by atoms with E-state index in [-0.39, 0.29) is 11.7 Å². The van der Waals surface area contributed by atoms with Crippen molar-refractivity contribution in [3.8, 4) is 11.4 Å². The fourth-order valence-corrected chi connectivity index (χ4v) is 2.50. The molecule has 0 aliphatic heterocycles. The maximum atomic E-state index is 11.7. The number of amides is 1. The van der Waals surface area contributed by atoms with Crippen LogP contribution in [-0.2, 0) is 4.79 Å². The number of carbonyl (C=O) groups excluding carboxylic acids is 1. The first kappa shape index (κ1) is 15.3. The summed E-state index contributed by atoms with van der Waals surface area (Å²) in [5, 5.41) is 12.2. The van der Waals surface area contributed by atoms with Crippen LogP contribution in [0.2, 0.25) is 0 Å². The van der Waals surface area contributed by atoms with Crippen LogP contribution in [0.25, 0.3) is 5.69 Å². The molecule has 0 bridgehead atoms. The number of hydrogen-bond donors (Lipinski definition) is 0. The summed E-state index contributed by atoms with van der Waals surface area (Å²) in [4.78, 5) is 13.2. The molecule has 0 unspecified atom stereocenters. The smallest absolute Gasteiger partial charge is 0.232 e. The Labute approximate surface area is 127 Å². The summed E-state index contributed by atoms with van der Waals surface area (Å²) in [6.45, 7) is 1.98. The van der Waals surface area contributed by atoms with Crippen molar-refractivity contribution in [3.63, 3.8) is 0 Å². The molecule has 2 rings (SSSR count). The van der Waals surface area contributed by atoms with Gasteiger partial charge in [-0.05, 0) is 35.0 Å². The van der Waals surface area contributed by atoms with Gasteiger partial charge in [0.2, 0.25) is 11.1 Å². The Kier molecular flexibility index (Phi) is 4.79. The number of nitrogens with zero attached hydrogens (tertiary/aromatic N) is 5. The van der Waals surface area contributed by atoms with Crippen LogP contribution in [0.15, 0.2) is 23.4 Å². The van der Waals surface area contributed by atoms with Crippen molar-refractivity contribution in [1.82, 2.24) is 25.1 Å². The quantitative estimate of drug-likeness (QED) is 0.772. The van der Waals surface area contributed by atoms with E-state index < -0.39 is 0 Å². The molecule has 8 heteroatoms. The molecule has 0 spiro atoms. The van der Waals surface area contributed by atoms with Gasteiger partial charge in [0.05, 0.1) is 12.9 Å². The maximum Gasteiger partial charge on any atom is 0.232 e. The fourth-order valence-electron chi connectivity index (χ4n) is 1.64. The van der Waals surface area contributed by atoms with Crippen LogP contribution >= 0.6 is 11.8 Å². The van der Waals surface area contributed by atoms with E-state index in [1.807, 2.05) is 25.1 Å². The van der Waals surface area contributed by atoms with Crippen molar-refractivity contribution in [3.05, 3.63) is 23.8 Å². The Morgan fingerprint density at radius 3 is 2.86 bits per heavy atom. The maximum absolute atomic E-state index is 11.7. The molecule has 0 radical (unpaired) electrons. The first-order valence-corrected chi connectivity index (χ1v) is 7.28. The third kappa shape index (κ3) is 3.52. The molecule has 0 atom stereocenters. The number of tetrazole rings is 1. The normalized spacial score (nSPS) is 10.5. The lowest BCUT2D eigenvalue weighted by Crippen LogP contribution is -2.23. The Morgan fingerprint density at radius 1 is 1.43 bits per heavy atom. The minimum atomic E-state index is 0.00533. The molecule has 0 aliphatic rings. The van der Waals surface area contributed by atoms with Crippen molar-refractivity contribution < 1.29 is 9.53 Å². The molecule has 1 amide bonds. The van der Waals surface area contributed by atoms with E-state index in [2.05, 4.69) is 15.5 Å². The molecule has 7 nitrogen and oxygen atoms in total. The molecule has 1 aromatic heterocycles. The number of rotatable bonds is 5. The summed E-state index contributed by atoms with van der Waals surface area (Å²) in [6.07, 6.45) is 0. The van der Waals surface area contributed by atoms with Gasteiger partial charge in [-0.25, -0.2) is 0 Å². The Bertz CT molecular complexity index is 641. The van der Waals surface area contributed by atoms with E-state index in [9.17, 15) is 4.79 Å². The number of hydrogen-bond acceptors (Lipinski definition) is 6. The molecule has 1 heterocycles. The van der Waals surface area contributed by atoms with Crippen molar-refractivity contribution >= 4 is 17.7 Å². The first-order chi connectivity index (χ1) is 10.0. The van der Waals surface area contributed by atoms with Gasteiger partial charge in [-0.15, -0.1) is 5.10 Å². The topological polar surface area (TPSA) is 73.1 Å². The predicted molar refractivity (Wildman–Crippen MR) is 79.9 cm³/mol. The molecule has 0 aliphatic carbocycles. The molecule has 0 saturated heterocycles. The largest absolute Gasteiger partial charge is 0.494 e. The van der Waals surface area contributed by atoms with Crippen LogP contribution in [0, 0.1) is 6.92 Å². The molecule has 2 aromatic rings. The third-order valence-corrected chi connectivity index (χ3v) is 3.73. The number of ether oxygens (including phenoxy) is 1. The summed E-state index contributed by atoms with van der Waals surface area (Å²) in [7, 11) is 5.03. The van der Waals surface area contributed by atoms with Crippen LogP contribution in [0.5, 0.6) is 5.75 Å². The van der Waals surface area contributed by atoms with Crippen LogP contribution < -0.4 is 4.74 Å². The van der Waals surface area contributed by atoms with Crippen LogP contribution in [-0.4, -0.2) is 58.0 Å². The minimum absolute atomic E-state index is 0.00533. The van der Waals surface area contributed by atoms with Gasteiger partial charge in [0, 0.05) is 14.1 Å². The van der Waals surface area contributed by atoms with Crippen molar-refractivity contribution in [2.75, 3.05) is 27.0 Å². The number of methoxy groups -OCH3 is 1. The van der Waals surface area contributed by atoms with Crippen molar-refractivity contribution in [2.24, 2.45) is 0 Å². The SMILES string of the molecule is COc1ccc(C)cc1-n1nnnc1SCC(=O)N(C)C. The highest BCUT2D eigenvalue weighted by molar-refractivity contribution is 7.99. The van der Waals surface area contributed by atoms with Gasteiger partial charge in [-0.3, -0.25) is 4.79 Å². The number of aryl methyl sites for hydroxylation is 1.